The molecule has 0 saturated carbocycles. The Hall–Kier alpha value is 0.0200. The Morgan fingerprint density at radius 1 is 1.67 bits per heavy atom. The minimum atomic E-state index is 0.218. The lowest BCUT2D eigenvalue weighted by molar-refractivity contribution is 0.561. The molecule has 0 N–H and O–H groups in total. The molecule has 0 rings (SSSR count). The smallest absolute Gasteiger partial charge is 0.0652 e. The molecule has 0 heterocycles. The number of hydrogen-bond acceptors (Lipinski definition) is 1. The van der Waals surface area contributed by atoms with E-state index in [2.05, 4.69) is 13.8 Å². The van der Waals surface area contributed by atoms with Crippen LogP contribution in [0.1, 0.15) is 26.7 Å². The third kappa shape index (κ3) is 3.57. The maximum absolute atomic E-state index is 10.3. The molecule has 2 atom stereocenters. The lowest BCUT2D eigenvalue weighted by atomic mass is 10.1. The lowest BCUT2D eigenvalue weighted by Gasteiger charge is -1.99. The van der Waals surface area contributed by atoms with Crippen molar-refractivity contribution in [3.8, 4) is 0 Å². The summed E-state index contributed by atoms with van der Waals surface area (Å²) in [7, 11) is 0. The van der Waals surface area contributed by atoms with Crippen LogP contribution in [0.3, 0.4) is 0 Å². The van der Waals surface area contributed by atoms with Crippen molar-refractivity contribution in [1.82, 2.24) is 0 Å². The van der Waals surface area contributed by atoms with E-state index in [0.717, 1.165) is 12.8 Å². The van der Waals surface area contributed by atoms with Gasteiger partial charge in [-0.05, 0) is 6.92 Å². The minimum absolute atomic E-state index is 0.218. The normalized spacial score (nSPS) is 13.8. The van der Waals surface area contributed by atoms with Crippen LogP contribution >= 0.6 is 0 Å². The molecule has 2 heteroatoms. The van der Waals surface area contributed by atoms with Gasteiger partial charge in [-0.15, -0.1) is 0 Å². The van der Waals surface area contributed by atoms with E-state index in [4.69, 9.17) is 0 Å². The molecule has 0 aliphatic rings. The molecule has 0 aromatic carbocycles. The van der Waals surface area contributed by atoms with E-state index >= 15 is 0 Å². The van der Waals surface area contributed by atoms with Crippen molar-refractivity contribution < 1.29 is 4.21 Å². The molecule has 0 aliphatic carbocycles. The van der Waals surface area contributed by atoms with Gasteiger partial charge in [-0.3, -0.25) is 0 Å². The molecule has 1 nitrogen and oxygen atoms in total. The third-order valence-electron chi connectivity index (χ3n) is 1.33. The summed E-state index contributed by atoms with van der Waals surface area (Å²) in [4.78, 5) is 0. The number of hydrogen-bond donors (Lipinski definition) is 0. The van der Waals surface area contributed by atoms with Crippen molar-refractivity contribution in [3.63, 3.8) is 0 Å². The maximum atomic E-state index is 10.3. The van der Waals surface area contributed by atoms with Crippen LogP contribution in [-0.2, 0) is 15.9 Å². The van der Waals surface area contributed by atoms with E-state index in [1.54, 1.807) is 0 Å². The van der Waals surface area contributed by atoms with Crippen LogP contribution < -0.4 is 0 Å². The van der Waals surface area contributed by atoms with Crippen molar-refractivity contribution in [2.24, 2.45) is 5.92 Å². The van der Waals surface area contributed by atoms with Crippen molar-refractivity contribution in [2.45, 2.75) is 31.9 Å². The molecule has 0 bridgehead atoms. The first kappa shape index (κ1) is 9.02. The summed E-state index contributed by atoms with van der Waals surface area (Å²) in [6.45, 7) is 7.89. The molecule has 9 heavy (non-hydrogen) atoms. The second-order valence-electron chi connectivity index (χ2n) is 2.40. The van der Waals surface area contributed by atoms with Gasteiger partial charge in [0.25, 0.3) is 0 Å². The Morgan fingerprint density at radius 3 is 2.33 bits per heavy atom. The first-order valence-electron chi connectivity index (χ1n) is 3.34. The first-order valence-corrected chi connectivity index (χ1v) is 4.14. The van der Waals surface area contributed by atoms with Crippen LogP contribution in [-0.4, -0.2) is 5.25 Å². The van der Waals surface area contributed by atoms with Crippen molar-refractivity contribution in [2.75, 3.05) is 0 Å². The van der Waals surface area contributed by atoms with E-state index in [9.17, 15) is 4.21 Å². The van der Waals surface area contributed by atoms with Gasteiger partial charge in [-0.2, -0.15) is 0 Å². The highest BCUT2D eigenvalue weighted by Crippen LogP contribution is 2.09. The Balaban J connectivity index is 3.54. The van der Waals surface area contributed by atoms with Gasteiger partial charge >= 0.3 is 11.7 Å². The summed E-state index contributed by atoms with van der Waals surface area (Å²) in [5, 5.41) is 0.218. The second kappa shape index (κ2) is 4.86. The largest absolute Gasteiger partial charge is 0.462 e. The molecule has 0 aliphatic heterocycles. The fourth-order valence-electron chi connectivity index (χ4n) is 0.712. The van der Waals surface area contributed by atoms with Gasteiger partial charge < -0.3 is 0 Å². The van der Waals surface area contributed by atoms with Gasteiger partial charge in [0.1, 0.15) is 0 Å². The molecule has 0 aromatic heterocycles. The summed E-state index contributed by atoms with van der Waals surface area (Å²) in [5.41, 5.74) is 0. The summed E-state index contributed by atoms with van der Waals surface area (Å²) in [5.74, 6) is 0.285. The quantitative estimate of drug-likeness (QED) is 0.555. The third-order valence-corrected chi connectivity index (χ3v) is 2.28. The Bertz CT molecular complexity index is 81.0. The lowest BCUT2D eigenvalue weighted by Crippen LogP contribution is -2.13. The fraction of sp³-hybridized carbons (Fsp3) is 0.857. The van der Waals surface area contributed by atoms with Gasteiger partial charge in [0, 0.05) is 16.5 Å². The summed E-state index contributed by atoms with van der Waals surface area (Å²) < 4.78 is 10.3. The molecule has 2 unspecified atom stereocenters. The van der Waals surface area contributed by atoms with Crippen LogP contribution in [0.2, 0.25) is 0 Å². The van der Waals surface area contributed by atoms with E-state index in [1.165, 1.54) is 0 Å². The Morgan fingerprint density at radius 2 is 2.22 bits per heavy atom. The van der Waals surface area contributed by atoms with Gasteiger partial charge in [0.2, 0.25) is 5.25 Å². The molecule has 1 radical (unpaired) electrons. The first-order chi connectivity index (χ1) is 4.22. The highest BCUT2D eigenvalue weighted by Gasteiger charge is 2.23. The molecule has 0 amide bonds. The Kier molecular flexibility index (Phi) is 4.87. The molecule has 0 spiro atoms. The number of rotatable bonds is 4. The highest BCUT2D eigenvalue weighted by molar-refractivity contribution is 7.66. The standard InChI is InChI=1S/C7H14OS/c1-4-5-7(9-8)6(2)3/h6-7H,2,4-5H2,1,3H3/q+1. The van der Waals surface area contributed by atoms with Crippen molar-refractivity contribution >= 4 is 11.7 Å². The zero-order valence-corrected chi connectivity index (χ0v) is 6.91. The molecule has 0 saturated heterocycles. The molecular weight excluding hydrogens is 132 g/mol. The van der Waals surface area contributed by atoms with Gasteiger partial charge in [-0.25, -0.2) is 0 Å². The average molecular weight is 146 g/mol. The summed E-state index contributed by atoms with van der Waals surface area (Å²) >= 11 is 0.690. The topological polar surface area (TPSA) is 17.1 Å². The van der Waals surface area contributed by atoms with Crippen molar-refractivity contribution in [3.05, 3.63) is 6.92 Å². The van der Waals surface area contributed by atoms with E-state index in [0.29, 0.717) is 11.7 Å². The van der Waals surface area contributed by atoms with Gasteiger partial charge in [-0.1, -0.05) is 20.3 Å². The van der Waals surface area contributed by atoms with Gasteiger partial charge in [0.15, 0.2) is 0 Å². The van der Waals surface area contributed by atoms with Gasteiger partial charge in [0.05, 0.1) is 0 Å². The zero-order chi connectivity index (χ0) is 7.28. The molecule has 0 fully saturated rings. The van der Waals surface area contributed by atoms with E-state index in [1.807, 2.05) is 6.92 Å². The SMILES string of the molecule is [CH2]C(C)C(CCC)[S+]=O. The predicted octanol–water partition coefficient (Wildman–Crippen LogP) is 2.05. The highest BCUT2D eigenvalue weighted by atomic mass is 32.1. The van der Waals surface area contributed by atoms with Crippen LogP contribution in [0.15, 0.2) is 0 Å². The van der Waals surface area contributed by atoms with E-state index < -0.39 is 0 Å². The average Bonchev–Trinajstić information content (AvgIpc) is 1.82. The molecule has 0 aromatic rings. The van der Waals surface area contributed by atoms with Crippen LogP contribution in [0.5, 0.6) is 0 Å². The maximum Gasteiger partial charge on any atom is 0.462 e. The van der Waals surface area contributed by atoms with Crippen molar-refractivity contribution in [1.29, 1.82) is 0 Å². The monoisotopic (exact) mass is 146 g/mol. The predicted molar refractivity (Wildman–Crippen MR) is 41.3 cm³/mol. The van der Waals surface area contributed by atoms with Crippen LogP contribution in [0.25, 0.3) is 0 Å². The summed E-state index contributed by atoms with van der Waals surface area (Å²) in [6, 6.07) is 0. The summed E-state index contributed by atoms with van der Waals surface area (Å²) in [6.07, 6.45) is 2.08. The van der Waals surface area contributed by atoms with Crippen LogP contribution in [0, 0.1) is 12.8 Å². The molecular formula is C7H14OS+. The van der Waals surface area contributed by atoms with Crippen LogP contribution in [0.4, 0.5) is 0 Å². The zero-order valence-electron chi connectivity index (χ0n) is 6.09. The fourth-order valence-corrected chi connectivity index (χ4v) is 1.23. The second-order valence-corrected chi connectivity index (χ2v) is 3.20. The minimum Gasteiger partial charge on any atom is -0.0652 e. The van der Waals surface area contributed by atoms with E-state index in [-0.39, 0.29) is 11.2 Å². The molecule has 53 valence electrons. The Labute approximate surface area is 61.3 Å².